The van der Waals surface area contributed by atoms with Crippen LogP contribution in [0.3, 0.4) is 0 Å². The first-order chi connectivity index (χ1) is 16.0. The van der Waals surface area contributed by atoms with Crippen LogP contribution < -0.4 is 15.0 Å². The average Bonchev–Trinajstić information content (AvgIpc) is 3.23. The van der Waals surface area contributed by atoms with Gasteiger partial charge in [0.15, 0.2) is 5.13 Å². The highest BCUT2D eigenvalue weighted by Gasteiger charge is 2.19. The molecule has 33 heavy (non-hydrogen) atoms. The van der Waals surface area contributed by atoms with Crippen molar-refractivity contribution in [2.75, 3.05) is 49.5 Å². The molecule has 1 aromatic carbocycles. The highest BCUT2D eigenvalue weighted by molar-refractivity contribution is 7.17. The molecule has 3 heterocycles. The predicted molar refractivity (Wildman–Crippen MR) is 128 cm³/mol. The van der Waals surface area contributed by atoms with Crippen molar-refractivity contribution >= 4 is 34.1 Å². The van der Waals surface area contributed by atoms with E-state index >= 15 is 0 Å². The number of piperazine rings is 1. The van der Waals surface area contributed by atoms with E-state index in [-0.39, 0.29) is 5.97 Å². The number of nitrogens with zero attached hydrogens (tertiary/aromatic N) is 5. The van der Waals surface area contributed by atoms with Crippen LogP contribution in [0.25, 0.3) is 0 Å². The molecule has 1 aliphatic rings. The first-order valence-corrected chi connectivity index (χ1v) is 11.7. The fraction of sp³-hybridized carbons (Fsp3) is 0.391. The number of aryl methyl sites for hydroxylation is 1. The van der Waals surface area contributed by atoms with Gasteiger partial charge in [0.1, 0.15) is 17.5 Å². The minimum Gasteiger partial charge on any atom is -0.414 e. The van der Waals surface area contributed by atoms with Crippen molar-refractivity contribution in [3.05, 3.63) is 54.0 Å². The molecule has 2 aromatic heterocycles. The first kappa shape index (κ1) is 23.1. The standard InChI is InChI=1S/C23H28N6O3S/c1-17-25-20(27-23-24-15-22(33-23)32-18(2)30)14-21(26-17)29-10-8-28(9-11-29)12-13-31-16-19-6-4-3-5-7-19/h3-7,14-15H,8-13,16H2,1-2H3,(H,24,25,26,27). The summed E-state index contributed by atoms with van der Waals surface area (Å²) in [5.41, 5.74) is 1.20. The van der Waals surface area contributed by atoms with Crippen LogP contribution in [0.2, 0.25) is 0 Å². The number of benzene rings is 1. The summed E-state index contributed by atoms with van der Waals surface area (Å²) >= 11 is 1.25. The molecule has 4 rings (SSSR count). The molecule has 0 amide bonds. The van der Waals surface area contributed by atoms with Gasteiger partial charge < -0.3 is 19.7 Å². The second kappa shape index (κ2) is 11.2. The van der Waals surface area contributed by atoms with Gasteiger partial charge in [-0.25, -0.2) is 15.0 Å². The smallest absolute Gasteiger partial charge is 0.308 e. The number of esters is 1. The third-order valence-corrected chi connectivity index (χ3v) is 5.94. The molecule has 0 bridgehead atoms. The van der Waals surface area contributed by atoms with Gasteiger partial charge in [-0.3, -0.25) is 9.69 Å². The Morgan fingerprint density at radius 2 is 1.94 bits per heavy atom. The molecule has 0 aliphatic carbocycles. The minimum absolute atomic E-state index is 0.368. The number of aromatic nitrogens is 3. The molecule has 0 saturated carbocycles. The zero-order chi connectivity index (χ0) is 23.0. The molecular formula is C23H28N6O3S. The van der Waals surface area contributed by atoms with Gasteiger partial charge in [0.2, 0.25) is 5.06 Å². The van der Waals surface area contributed by atoms with Crippen LogP contribution in [-0.2, 0) is 16.1 Å². The first-order valence-electron chi connectivity index (χ1n) is 10.9. The maximum atomic E-state index is 11.1. The van der Waals surface area contributed by atoms with Crippen LogP contribution >= 0.6 is 11.3 Å². The Morgan fingerprint density at radius 1 is 1.15 bits per heavy atom. The Kier molecular flexibility index (Phi) is 7.82. The quantitative estimate of drug-likeness (QED) is 0.375. The topological polar surface area (TPSA) is 92.7 Å². The summed E-state index contributed by atoms with van der Waals surface area (Å²) < 4.78 is 10.9. The lowest BCUT2D eigenvalue weighted by atomic mass is 10.2. The molecule has 9 nitrogen and oxygen atoms in total. The van der Waals surface area contributed by atoms with Gasteiger partial charge in [-0.05, 0) is 12.5 Å². The maximum absolute atomic E-state index is 11.1. The summed E-state index contributed by atoms with van der Waals surface area (Å²) in [6.07, 6.45) is 1.52. The van der Waals surface area contributed by atoms with E-state index in [1.165, 1.54) is 30.0 Å². The van der Waals surface area contributed by atoms with E-state index in [2.05, 4.69) is 42.2 Å². The molecular weight excluding hydrogens is 440 g/mol. The Balaban J connectivity index is 1.26. The normalized spacial score (nSPS) is 14.3. The van der Waals surface area contributed by atoms with Crippen molar-refractivity contribution < 1.29 is 14.3 Å². The molecule has 0 unspecified atom stereocenters. The van der Waals surface area contributed by atoms with Crippen molar-refractivity contribution in [1.82, 2.24) is 19.9 Å². The molecule has 10 heteroatoms. The molecule has 1 saturated heterocycles. The van der Waals surface area contributed by atoms with Crippen LogP contribution in [0.1, 0.15) is 18.3 Å². The summed E-state index contributed by atoms with van der Waals surface area (Å²) in [6, 6.07) is 12.2. The second-order valence-electron chi connectivity index (χ2n) is 7.73. The molecule has 0 radical (unpaired) electrons. The molecule has 174 valence electrons. The largest absolute Gasteiger partial charge is 0.414 e. The van der Waals surface area contributed by atoms with E-state index in [1.54, 1.807) is 0 Å². The summed E-state index contributed by atoms with van der Waals surface area (Å²) in [5.74, 6) is 1.87. The Morgan fingerprint density at radius 3 is 2.70 bits per heavy atom. The highest BCUT2D eigenvalue weighted by atomic mass is 32.1. The Labute approximate surface area is 197 Å². The molecule has 1 aliphatic heterocycles. The van der Waals surface area contributed by atoms with E-state index in [9.17, 15) is 4.79 Å². The van der Waals surface area contributed by atoms with Crippen molar-refractivity contribution in [3.8, 4) is 5.06 Å². The number of ether oxygens (including phenoxy) is 2. The maximum Gasteiger partial charge on any atom is 0.308 e. The van der Waals surface area contributed by atoms with Crippen LogP contribution in [0, 0.1) is 6.92 Å². The summed E-state index contributed by atoms with van der Waals surface area (Å²) in [5, 5.41) is 4.24. The van der Waals surface area contributed by atoms with Gasteiger partial charge in [-0.2, -0.15) is 0 Å². The monoisotopic (exact) mass is 468 g/mol. The van der Waals surface area contributed by atoms with Gasteiger partial charge in [-0.1, -0.05) is 41.7 Å². The predicted octanol–water partition coefficient (Wildman–Crippen LogP) is 3.25. The van der Waals surface area contributed by atoms with Crippen LogP contribution in [0.15, 0.2) is 42.6 Å². The zero-order valence-corrected chi connectivity index (χ0v) is 19.7. The SMILES string of the molecule is CC(=O)Oc1cnc(Nc2cc(N3CCN(CCOCc4ccccc4)CC3)nc(C)n2)s1. The van der Waals surface area contributed by atoms with Crippen molar-refractivity contribution in [2.24, 2.45) is 0 Å². The number of nitrogens with one attached hydrogen (secondary N) is 1. The van der Waals surface area contributed by atoms with Gasteiger partial charge in [0.25, 0.3) is 0 Å². The lowest BCUT2D eigenvalue weighted by Crippen LogP contribution is -2.47. The van der Waals surface area contributed by atoms with Gasteiger partial charge in [0.05, 0.1) is 19.4 Å². The highest BCUT2D eigenvalue weighted by Crippen LogP contribution is 2.28. The fourth-order valence-electron chi connectivity index (χ4n) is 3.55. The minimum atomic E-state index is -0.368. The fourth-order valence-corrected chi connectivity index (χ4v) is 4.27. The third kappa shape index (κ3) is 6.95. The molecule has 0 atom stereocenters. The van der Waals surface area contributed by atoms with Crippen LogP contribution in [0.5, 0.6) is 5.06 Å². The second-order valence-corrected chi connectivity index (χ2v) is 8.72. The van der Waals surface area contributed by atoms with Crippen LogP contribution in [0.4, 0.5) is 16.8 Å². The number of carbonyl (C=O) groups is 1. The van der Waals surface area contributed by atoms with Gasteiger partial charge in [0, 0.05) is 45.7 Å². The summed E-state index contributed by atoms with van der Waals surface area (Å²) in [7, 11) is 0. The number of hydrogen-bond acceptors (Lipinski definition) is 10. The summed E-state index contributed by atoms with van der Waals surface area (Å²) in [6.45, 7) is 9.23. The third-order valence-electron chi connectivity index (χ3n) is 5.15. The van der Waals surface area contributed by atoms with E-state index in [1.807, 2.05) is 31.2 Å². The lowest BCUT2D eigenvalue weighted by molar-refractivity contribution is -0.131. The van der Waals surface area contributed by atoms with E-state index < -0.39 is 0 Å². The van der Waals surface area contributed by atoms with Crippen LogP contribution in [-0.4, -0.2) is 65.2 Å². The number of carbonyl (C=O) groups excluding carboxylic acids is 1. The van der Waals surface area contributed by atoms with Crippen molar-refractivity contribution in [1.29, 1.82) is 0 Å². The Hall–Kier alpha value is -3.08. The van der Waals surface area contributed by atoms with E-state index in [4.69, 9.17) is 9.47 Å². The average molecular weight is 469 g/mol. The van der Waals surface area contributed by atoms with Crippen molar-refractivity contribution in [3.63, 3.8) is 0 Å². The number of thiazole rings is 1. The molecule has 1 fully saturated rings. The van der Waals surface area contributed by atoms with Crippen molar-refractivity contribution in [2.45, 2.75) is 20.5 Å². The number of rotatable bonds is 9. The van der Waals surface area contributed by atoms with Gasteiger partial charge in [-0.15, -0.1) is 0 Å². The number of hydrogen-bond donors (Lipinski definition) is 1. The van der Waals surface area contributed by atoms with Gasteiger partial charge >= 0.3 is 5.97 Å². The van der Waals surface area contributed by atoms with E-state index in [0.29, 0.717) is 28.4 Å². The zero-order valence-electron chi connectivity index (χ0n) is 18.9. The summed E-state index contributed by atoms with van der Waals surface area (Å²) in [4.78, 5) is 29.1. The number of anilines is 3. The molecule has 1 N–H and O–H groups in total. The lowest BCUT2D eigenvalue weighted by Gasteiger charge is -2.35. The van der Waals surface area contributed by atoms with E-state index in [0.717, 1.165) is 45.1 Å². The Bertz CT molecular complexity index is 1050. The molecule has 3 aromatic rings. The molecule has 0 spiro atoms.